The third-order valence-electron chi connectivity index (χ3n) is 8.95. The predicted octanol–water partition coefficient (Wildman–Crippen LogP) is 7.27. The summed E-state index contributed by atoms with van der Waals surface area (Å²) in [6, 6.07) is 12.5. The molecule has 8 rings (SSSR count). The fourth-order valence-corrected chi connectivity index (χ4v) is 7.80. The highest BCUT2D eigenvalue weighted by Gasteiger charge is 2.53. The van der Waals surface area contributed by atoms with Gasteiger partial charge in [-0.25, -0.2) is 24.3 Å². The van der Waals surface area contributed by atoms with Gasteiger partial charge in [-0.15, -0.1) is 11.3 Å². The number of carbonyl (C=O) groups excluding carboxylic acids is 1. The Bertz CT molecular complexity index is 2030. The number of hydrogen-bond donors (Lipinski definition) is 2. The molecule has 0 radical (unpaired) electrons. The molecule has 49 heavy (non-hydrogen) atoms. The minimum Gasteiger partial charge on any atom is -0.509 e. The van der Waals surface area contributed by atoms with Gasteiger partial charge in [0.2, 0.25) is 0 Å². The summed E-state index contributed by atoms with van der Waals surface area (Å²) in [6.45, 7) is 5.02. The number of aryl methyl sites for hydroxylation is 2. The highest BCUT2D eigenvalue weighted by atomic mass is 35.5. The number of nitrogens with one attached hydrogen (secondary N) is 1. The van der Waals surface area contributed by atoms with Gasteiger partial charge in [0.25, 0.3) is 5.91 Å². The summed E-state index contributed by atoms with van der Waals surface area (Å²) >= 11 is 7.54. The maximum atomic E-state index is 13.3. The quantitative estimate of drug-likeness (QED) is 0.199. The fraction of sp³-hybridized carbons (Fsp3) is 0.278. The van der Waals surface area contributed by atoms with Crippen LogP contribution in [0.15, 0.2) is 79.2 Å². The summed E-state index contributed by atoms with van der Waals surface area (Å²) in [5.41, 5.74) is 4.30. The number of halogens is 2. The third kappa shape index (κ3) is 6.56. The lowest BCUT2D eigenvalue weighted by Crippen LogP contribution is -2.51. The van der Waals surface area contributed by atoms with Gasteiger partial charge in [0, 0.05) is 48.2 Å². The van der Waals surface area contributed by atoms with Crippen molar-refractivity contribution >= 4 is 34.4 Å². The molecule has 4 aromatic heterocycles. The highest BCUT2D eigenvalue weighted by Crippen LogP contribution is 2.47. The Labute approximate surface area is 291 Å². The van der Waals surface area contributed by atoms with Gasteiger partial charge in [-0.1, -0.05) is 17.7 Å². The summed E-state index contributed by atoms with van der Waals surface area (Å²) in [5.74, 6) is -0.441. The average molecular weight is 699 g/mol. The molecule has 2 N–H and O–H groups in total. The molecule has 1 aliphatic carbocycles. The lowest BCUT2D eigenvalue weighted by molar-refractivity contribution is -0.185. The van der Waals surface area contributed by atoms with Gasteiger partial charge in [-0.05, 0) is 79.8 Å². The van der Waals surface area contributed by atoms with E-state index in [0.717, 1.165) is 27.3 Å². The molecule has 250 valence electrons. The van der Waals surface area contributed by atoms with Crippen LogP contribution in [0.25, 0.3) is 38.2 Å². The molecule has 2 spiro atoms. The second kappa shape index (κ2) is 13.4. The molecule has 13 heteroatoms. The molecule has 5 aromatic rings. The van der Waals surface area contributed by atoms with E-state index in [-0.39, 0.29) is 17.5 Å². The standard InChI is InChI=1S/C19H22ClNO4.C17H10FN5S/c1-11-9-13(20)10-12(2)14(11)15-16(22)18(21-17(15)23)3-5-19(6-4-18)24-7-8-25-19;18-12-7-11(8-19-9-12)17-22-10-15(24-17)13-3-1-4-14(23-13)16-20-5-2-6-21-16/h9-10,22H,3-8H2,1-2H3,(H,21,23);1-10H. The van der Waals surface area contributed by atoms with E-state index in [9.17, 15) is 14.3 Å². The van der Waals surface area contributed by atoms with Crippen LogP contribution in [0.4, 0.5) is 4.39 Å². The normalized spacial score (nSPS) is 17.7. The first kappa shape index (κ1) is 32.9. The number of thiazole rings is 1. The Morgan fingerprint density at radius 1 is 0.918 bits per heavy atom. The van der Waals surface area contributed by atoms with Crippen LogP contribution in [0.3, 0.4) is 0 Å². The SMILES string of the molecule is Cc1cc(Cl)cc(C)c1C1=C(O)C2(CCC3(CC2)OCCO3)NC1=O.Fc1cncc(-c2ncc(-c3cccc(-c4ncccn4)n3)s2)c1. The van der Waals surface area contributed by atoms with Gasteiger partial charge >= 0.3 is 0 Å². The molecule has 6 heterocycles. The molecule has 3 aliphatic rings. The molecule has 1 saturated heterocycles. The van der Waals surface area contributed by atoms with Crippen molar-refractivity contribution in [2.75, 3.05) is 13.2 Å². The van der Waals surface area contributed by atoms with Crippen LogP contribution < -0.4 is 5.32 Å². The van der Waals surface area contributed by atoms with Crippen LogP contribution in [-0.2, 0) is 14.3 Å². The molecule has 10 nitrogen and oxygen atoms in total. The smallest absolute Gasteiger partial charge is 0.256 e. The number of aromatic nitrogens is 5. The minimum atomic E-state index is -0.717. The number of ether oxygens (including phenoxy) is 2. The molecule has 1 saturated carbocycles. The Morgan fingerprint density at radius 2 is 1.61 bits per heavy atom. The van der Waals surface area contributed by atoms with Gasteiger partial charge in [-0.2, -0.15) is 0 Å². The number of benzene rings is 1. The van der Waals surface area contributed by atoms with Gasteiger partial charge in [0.15, 0.2) is 11.6 Å². The number of amides is 1. The number of pyridine rings is 2. The zero-order chi connectivity index (χ0) is 34.2. The first-order chi connectivity index (χ1) is 23.7. The molecule has 1 amide bonds. The van der Waals surface area contributed by atoms with Crippen LogP contribution in [0, 0.1) is 19.7 Å². The van der Waals surface area contributed by atoms with Crippen LogP contribution in [-0.4, -0.2) is 60.5 Å². The Kier molecular flexibility index (Phi) is 8.97. The lowest BCUT2D eigenvalue weighted by Gasteiger charge is -2.41. The van der Waals surface area contributed by atoms with E-state index in [4.69, 9.17) is 21.1 Å². The van der Waals surface area contributed by atoms with E-state index >= 15 is 0 Å². The third-order valence-corrected chi connectivity index (χ3v) is 10.2. The average Bonchev–Trinajstić information content (AvgIpc) is 3.83. The molecule has 0 bridgehead atoms. The minimum absolute atomic E-state index is 0.138. The van der Waals surface area contributed by atoms with Crippen LogP contribution in [0.2, 0.25) is 5.02 Å². The zero-order valence-corrected chi connectivity index (χ0v) is 28.3. The number of nitrogens with zero attached hydrogens (tertiary/aromatic N) is 5. The van der Waals surface area contributed by atoms with Crippen molar-refractivity contribution in [2.45, 2.75) is 50.9 Å². The van der Waals surface area contributed by atoms with Crippen molar-refractivity contribution in [3.8, 4) is 32.7 Å². The van der Waals surface area contributed by atoms with E-state index in [1.807, 2.05) is 44.2 Å². The maximum absolute atomic E-state index is 13.3. The number of rotatable bonds is 4. The van der Waals surface area contributed by atoms with Gasteiger partial charge in [0.05, 0.1) is 41.1 Å². The molecule has 0 atom stereocenters. The van der Waals surface area contributed by atoms with Crippen molar-refractivity contribution in [2.24, 2.45) is 0 Å². The lowest BCUT2D eigenvalue weighted by atomic mass is 9.77. The summed E-state index contributed by atoms with van der Waals surface area (Å²) in [4.78, 5) is 34.8. The summed E-state index contributed by atoms with van der Waals surface area (Å²) < 4.78 is 24.8. The first-order valence-electron chi connectivity index (χ1n) is 15.8. The largest absolute Gasteiger partial charge is 0.509 e. The van der Waals surface area contributed by atoms with E-state index in [1.54, 1.807) is 30.9 Å². The summed E-state index contributed by atoms with van der Waals surface area (Å²) in [5, 5.41) is 15.4. The summed E-state index contributed by atoms with van der Waals surface area (Å²) in [7, 11) is 0. The van der Waals surface area contributed by atoms with E-state index in [1.165, 1.54) is 23.6 Å². The second-order valence-corrected chi connectivity index (χ2v) is 13.7. The van der Waals surface area contributed by atoms with E-state index in [0.29, 0.717) is 71.6 Å². The van der Waals surface area contributed by atoms with Crippen molar-refractivity contribution in [1.29, 1.82) is 0 Å². The van der Waals surface area contributed by atoms with Gasteiger partial charge in [0.1, 0.15) is 22.3 Å². The van der Waals surface area contributed by atoms with Gasteiger partial charge in [-0.3, -0.25) is 9.78 Å². The zero-order valence-electron chi connectivity index (χ0n) is 26.7. The Morgan fingerprint density at radius 3 is 2.31 bits per heavy atom. The van der Waals surface area contributed by atoms with E-state index < -0.39 is 11.3 Å². The molecule has 2 fully saturated rings. The van der Waals surface area contributed by atoms with Crippen LogP contribution >= 0.6 is 22.9 Å². The van der Waals surface area contributed by atoms with Gasteiger partial charge < -0.3 is 19.9 Å². The molecule has 2 aliphatic heterocycles. The first-order valence-corrected chi connectivity index (χ1v) is 17.0. The predicted molar refractivity (Wildman–Crippen MR) is 184 cm³/mol. The summed E-state index contributed by atoms with van der Waals surface area (Å²) in [6.07, 6.45) is 10.3. The van der Waals surface area contributed by atoms with E-state index in [2.05, 4.69) is 30.2 Å². The molecular formula is C36H32ClFN6O4S. The number of aliphatic hydroxyl groups excluding tert-OH is 1. The van der Waals surface area contributed by atoms with Crippen LogP contribution in [0.5, 0.6) is 0 Å². The van der Waals surface area contributed by atoms with Crippen LogP contribution in [0.1, 0.15) is 42.4 Å². The molecular weight excluding hydrogens is 667 g/mol. The fourth-order valence-electron chi connectivity index (χ4n) is 6.61. The second-order valence-electron chi connectivity index (χ2n) is 12.2. The van der Waals surface area contributed by atoms with Crippen molar-refractivity contribution in [3.63, 3.8) is 0 Å². The monoisotopic (exact) mass is 698 g/mol. The van der Waals surface area contributed by atoms with Crippen molar-refractivity contribution in [3.05, 3.63) is 107 Å². The van der Waals surface area contributed by atoms with Crippen molar-refractivity contribution in [1.82, 2.24) is 30.2 Å². The number of carbonyl (C=O) groups is 1. The molecule has 0 unspecified atom stereocenters. The number of aliphatic hydroxyl groups is 1. The highest BCUT2D eigenvalue weighted by molar-refractivity contribution is 7.18. The Hall–Kier alpha value is -4.62. The maximum Gasteiger partial charge on any atom is 0.256 e. The Balaban J connectivity index is 0.000000154. The number of hydrogen-bond acceptors (Lipinski definition) is 10. The molecule has 1 aromatic carbocycles. The van der Waals surface area contributed by atoms with Crippen molar-refractivity contribution < 1.29 is 23.8 Å². The topological polar surface area (TPSA) is 132 Å².